The molecular formula is C37H37N. The highest BCUT2D eigenvalue weighted by Gasteiger charge is 1.96. The number of hydrogen-bond acceptors (Lipinski definition) is 1. The summed E-state index contributed by atoms with van der Waals surface area (Å²) >= 11 is 0. The minimum Gasteiger partial charge on any atom is -0.256 e. The molecule has 1 aromatic heterocycles. The molecule has 6 aromatic rings. The Morgan fingerprint density at radius 3 is 1.50 bits per heavy atom. The predicted octanol–water partition coefficient (Wildman–Crippen LogP) is 10.5. The van der Waals surface area contributed by atoms with E-state index in [1.165, 1.54) is 44.2 Å². The van der Waals surface area contributed by atoms with Gasteiger partial charge in [-0.1, -0.05) is 152 Å². The van der Waals surface area contributed by atoms with E-state index in [0.29, 0.717) is 0 Å². The minimum absolute atomic E-state index is 0. The van der Waals surface area contributed by atoms with E-state index >= 15 is 0 Å². The normalized spacial score (nSPS) is 9.76. The summed E-state index contributed by atoms with van der Waals surface area (Å²) in [6.07, 6.45) is 1.89. The van der Waals surface area contributed by atoms with Crippen LogP contribution in [0.5, 0.6) is 0 Å². The number of fused-ring (bicyclic) bond motifs is 1. The van der Waals surface area contributed by atoms with Crippen LogP contribution in [0.3, 0.4) is 0 Å². The number of nitrogens with zero attached hydrogens (tertiary/aromatic N) is 1. The Morgan fingerprint density at radius 2 is 0.895 bits per heavy atom. The number of pyridine rings is 1. The third-order valence-electron chi connectivity index (χ3n) is 6.04. The Morgan fingerprint density at radius 1 is 0.395 bits per heavy atom. The van der Waals surface area contributed by atoms with Gasteiger partial charge >= 0.3 is 0 Å². The fraction of sp³-hybridized carbons (Fsp3) is 0.108. The Bertz CT molecular complexity index is 1420. The van der Waals surface area contributed by atoms with Crippen LogP contribution >= 0.6 is 0 Å². The molecule has 0 amide bonds. The predicted molar refractivity (Wildman–Crippen MR) is 166 cm³/mol. The highest BCUT2D eigenvalue weighted by Crippen LogP contribution is 2.19. The van der Waals surface area contributed by atoms with E-state index in [2.05, 4.69) is 128 Å². The highest BCUT2D eigenvalue weighted by molar-refractivity contribution is 5.82. The number of benzene rings is 5. The van der Waals surface area contributed by atoms with Gasteiger partial charge in [0.2, 0.25) is 0 Å². The molecule has 190 valence electrons. The quantitative estimate of drug-likeness (QED) is 0.233. The van der Waals surface area contributed by atoms with E-state index in [9.17, 15) is 0 Å². The van der Waals surface area contributed by atoms with Crippen molar-refractivity contribution in [1.82, 2.24) is 4.98 Å². The van der Waals surface area contributed by atoms with Crippen LogP contribution in [-0.2, 0) is 0 Å². The molecule has 1 heterocycles. The van der Waals surface area contributed by atoms with Gasteiger partial charge in [-0.3, -0.25) is 4.98 Å². The van der Waals surface area contributed by atoms with Crippen molar-refractivity contribution in [1.29, 1.82) is 0 Å². The van der Waals surface area contributed by atoms with Crippen LogP contribution in [0.2, 0.25) is 0 Å². The molecule has 38 heavy (non-hydrogen) atoms. The molecule has 1 nitrogen and oxygen atoms in total. The summed E-state index contributed by atoms with van der Waals surface area (Å²) in [5, 5.41) is 2.64. The van der Waals surface area contributed by atoms with Crippen LogP contribution in [0.1, 0.15) is 24.1 Å². The summed E-state index contributed by atoms with van der Waals surface area (Å²) in [5.74, 6) is 0. The average Bonchev–Trinajstić information content (AvgIpc) is 2.95. The van der Waals surface area contributed by atoms with Crippen LogP contribution < -0.4 is 0 Å². The minimum atomic E-state index is 0. The van der Waals surface area contributed by atoms with Crippen LogP contribution in [0.25, 0.3) is 33.2 Å². The first-order valence-electron chi connectivity index (χ1n) is 12.6. The monoisotopic (exact) mass is 495 g/mol. The third kappa shape index (κ3) is 8.28. The van der Waals surface area contributed by atoms with Crippen molar-refractivity contribution in [2.45, 2.75) is 28.2 Å². The van der Waals surface area contributed by atoms with Gasteiger partial charge in [-0.15, -0.1) is 0 Å². The van der Waals surface area contributed by atoms with Gasteiger partial charge in [-0.05, 0) is 54.3 Å². The Balaban J connectivity index is 0.000000156. The zero-order valence-electron chi connectivity index (χ0n) is 21.8. The number of hydrogen-bond donors (Lipinski definition) is 0. The second-order valence-corrected chi connectivity index (χ2v) is 9.17. The van der Waals surface area contributed by atoms with Crippen molar-refractivity contribution < 1.29 is 0 Å². The van der Waals surface area contributed by atoms with Gasteiger partial charge in [0.15, 0.2) is 0 Å². The molecule has 0 atom stereocenters. The summed E-state index contributed by atoms with van der Waals surface area (Å²) in [5.41, 5.74) is 8.59. The fourth-order valence-corrected chi connectivity index (χ4v) is 3.93. The lowest BCUT2D eigenvalue weighted by Gasteiger charge is -2.00. The van der Waals surface area contributed by atoms with Crippen LogP contribution in [0.15, 0.2) is 146 Å². The molecule has 0 fully saturated rings. The fourth-order valence-electron chi connectivity index (χ4n) is 3.93. The molecule has 0 radical (unpaired) electrons. The van der Waals surface area contributed by atoms with E-state index in [0.717, 1.165) is 5.69 Å². The van der Waals surface area contributed by atoms with Crippen LogP contribution in [0.4, 0.5) is 0 Å². The molecule has 0 saturated heterocycles. The second kappa shape index (κ2) is 14.3. The molecule has 0 N–H and O–H groups in total. The Labute approximate surface area is 228 Å². The summed E-state index contributed by atoms with van der Waals surface area (Å²) < 4.78 is 0. The molecule has 0 aliphatic heterocycles. The first-order chi connectivity index (χ1) is 18.1. The summed E-state index contributed by atoms with van der Waals surface area (Å²) in [4.78, 5) is 4.35. The van der Waals surface area contributed by atoms with Gasteiger partial charge in [0.05, 0.1) is 5.69 Å². The molecule has 0 aliphatic rings. The lowest BCUT2D eigenvalue weighted by atomic mass is 10.0. The molecule has 1 heteroatoms. The summed E-state index contributed by atoms with van der Waals surface area (Å²) in [6.45, 7) is 6.27. The first-order valence-corrected chi connectivity index (χ1v) is 12.6. The smallest absolute Gasteiger partial charge is 0.0702 e. The number of aromatic nitrogens is 1. The molecule has 0 spiro atoms. The van der Waals surface area contributed by atoms with Gasteiger partial charge in [0, 0.05) is 11.8 Å². The maximum atomic E-state index is 4.35. The van der Waals surface area contributed by atoms with E-state index in [-0.39, 0.29) is 7.43 Å². The van der Waals surface area contributed by atoms with Gasteiger partial charge in [-0.25, -0.2) is 0 Å². The maximum absolute atomic E-state index is 4.35. The van der Waals surface area contributed by atoms with Gasteiger partial charge < -0.3 is 0 Å². The Kier molecular flexibility index (Phi) is 10.6. The van der Waals surface area contributed by atoms with Crippen molar-refractivity contribution in [3.05, 3.63) is 162 Å². The molecule has 0 bridgehead atoms. The topological polar surface area (TPSA) is 12.9 Å². The zero-order chi connectivity index (χ0) is 25.9. The van der Waals surface area contributed by atoms with Crippen molar-refractivity contribution in [3.8, 4) is 22.4 Å². The number of aryl methyl sites for hydroxylation is 3. The third-order valence-corrected chi connectivity index (χ3v) is 6.04. The van der Waals surface area contributed by atoms with Crippen molar-refractivity contribution in [2.24, 2.45) is 0 Å². The van der Waals surface area contributed by atoms with Crippen molar-refractivity contribution >= 4 is 10.8 Å². The van der Waals surface area contributed by atoms with Gasteiger partial charge in [-0.2, -0.15) is 0 Å². The molecule has 6 rings (SSSR count). The summed E-state index contributed by atoms with van der Waals surface area (Å²) in [6, 6.07) is 48.3. The van der Waals surface area contributed by atoms with Crippen molar-refractivity contribution in [3.63, 3.8) is 0 Å². The number of rotatable bonds is 2. The standard InChI is InChI=1S/C13H12.C12H11N.C11H10.CH4/c1-11-7-9-13(10-8-11)12-5-3-2-4-6-12;1-10-7-8-12(13-9-10)11-5-3-2-4-6-11;1-9-6-7-10-4-2-3-5-11(10)8-9;/h2-10H,1H3;2-9H,1H3;2-8H,1H3;1H4. The SMILES string of the molecule is C.Cc1ccc(-c2ccccc2)cc1.Cc1ccc(-c2ccccc2)nc1.Cc1ccc2ccccc2c1. The van der Waals surface area contributed by atoms with E-state index in [4.69, 9.17) is 0 Å². The molecule has 0 saturated carbocycles. The lowest BCUT2D eigenvalue weighted by Crippen LogP contribution is -1.82. The van der Waals surface area contributed by atoms with Crippen LogP contribution in [-0.4, -0.2) is 4.98 Å². The van der Waals surface area contributed by atoms with E-state index < -0.39 is 0 Å². The molecule has 0 aliphatic carbocycles. The van der Waals surface area contributed by atoms with Crippen molar-refractivity contribution in [2.75, 3.05) is 0 Å². The maximum Gasteiger partial charge on any atom is 0.0702 e. The first kappa shape index (κ1) is 28.1. The van der Waals surface area contributed by atoms with Gasteiger partial charge in [0.25, 0.3) is 0 Å². The summed E-state index contributed by atoms with van der Waals surface area (Å²) in [7, 11) is 0. The zero-order valence-corrected chi connectivity index (χ0v) is 21.8. The van der Waals surface area contributed by atoms with Gasteiger partial charge in [0.1, 0.15) is 0 Å². The molecule has 5 aromatic carbocycles. The largest absolute Gasteiger partial charge is 0.256 e. The molecular weight excluding hydrogens is 458 g/mol. The van der Waals surface area contributed by atoms with E-state index in [1.807, 2.05) is 43.5 Å². The molecule has 0 unspecified atom stereocenters. The highest BCUT2D eigenvalue weighted by atomic mass is 14.7. The second-order valence-electron chi connectivity index (χ2n) is 9.17. The Hall–Kier alpha value is -4.49. The van der Waals surface area contributed by atoms with Crippen LogP contribution in [0, 0.1) is 20.8 Å². The average molecular weight is 496 g/mol. The lowest BCUT2D eigenvalue weighted by molar-refractivity contribution is 1.27. The van der Waals surface area contributed by atoms with E-state index in [1.54, 1.807) is 0 Å².